The third-order valence-corrected chi connectivity index (χ3v) is 2.52. The Morgan fingerprint density at radius 3 is 2.67 bits per heavy atom. The quantitative estimate of drug-likeness (QED) is 0.836. The number of benzene rings is 1. The zero-order valence-electron chi connectivity index (χ0n) is 11.1. The second-order valence-corrected chi connectivity index (χ2v) is 5.39. The Morgan fingerprint density at radius 2 is 2.11 bits per heavy atom. The molecule has 1 aromatic carbocycles. The lowest BCUT2D eigenvalue weighted by molar-refractivity contribution is 0.230. The summed E-state index contributed by atoms with van der Waals surface area (Å²) in [6, 6.07) is 5.96. The maximum atomic E-state index is 5.67. The first-order valence-electron chi connectivity index (χ1n) is 5.90. The van der Waals surface area contributed by atoms with E-state index in [1.807, 2.05) is 32.0 Å². The number of ether oxygens (including phenoxy) is 2. The molecule has 4 heteroatoms. The predicted molar refractivity (Wildman–Crippen MR) is 78.5 cm³/mol. The van der Waals surface area contributed by atoms with Crippen molar-refractivity contribution in [1.82, 2.24) is 5.32 Å². The second-order valence-electron chi connectivity index (χ2n) is 4.27. The molecule has 0 aromatic heterocycles. The predicted octanol–water partition coefficient (Wildman–Crippen LogP) is 3.48. The Balaban J connectivity index is 2.69. The molecule has 0 atom stereocenters. The summed E-state index contributed by atoms with van der Waals surface area (Å²) in [5.74, 6) is 1.54. The average molecular weight is 314 g/mol. The maximum absolute atomic E-state index is 5.67. The molecule has 0 spiro atoms. The Morgan fingerprint density at radius 1 is 1.39 bits per heavy atom. The molecule has 100 valence electrons. The van der Waals surface area contributed by atoms with Crippen LogP contribution in [-0.4, -0.2) is 19.8 Å². The van der Waals surface area contributed by atoms with Gasteiger partial charge >= 0.3 is 0 Å². The summed E-state index contributed by atoms with van der Waals surface area (Å²) >= 11 is 3.31. The molecule has 0 bridgehead atoms. The van der Waals surface area contributed by atoms with E-state index in [-0.39, 0.29) is 6.10 Å². The van der Waals surface area contributed by atoms with Gasteiger partial charge in [-0.05, 0) is 31.5 Å². The fraction of sp³-hybridized carbons (Fsp3) is 0.429. The smallest absolute Gasteiger partial charge is 0.161 e. The van der Waals surface area contributed by atoms with Gasteiger partial charge in [0, 0.05) is 17.6 Å². The third-order valence-electron chi connectivity index (χ3n) is 2.24. The van der Waals surface area contributed by atoms with Crippen LogP contribution in [-0.2, 0) is 6.54 Å². The van der Waals surface area contributed by atoms with Crippen molar-refractivity contribution < 1.29 is 9.47 Å². The van der Waals surface area contributed by atoms with Crippen molar-refractivity contribution in [3.05, 3.63) is 34.8 Å². The number of nitrogens with one attached hydrogen (secondary N) is 1. The molecular formula is C14H20BrNO2. The highest BCUT2D eigenvalue weighted by molar-refractivity contribution is 9.11. The molecule has 0 saturated carbocycles. The maximum Gasteiger partial charge on any atom is 0.161 e. The SMILES string of the molecule is C=C(Br)CNCc1ccc(OC(C)C)c(OC)c1. The normalized spacial score (nSPS) is 10.5. The monoisotopic (exact) mass is 313 g/mol. The first-order valence-corrected chi connectivity index (χ1v) is 6.69. The molecule has 0 fully saturated rings. The molecule has 0 amide bonds. The van der Waals surface area contributed by atoms with Crippen LogP contribution in [0.15, 0.2) is 29.3 Å². The number of rotatable bonds is 7. The minimum Gasteiger partial charge on any atom is -0.493 e. The van der Waals surface area contributed by atoms with Gasteiger partial charge in [-0.25, -0.2) is 0 Å². The van der Waals surface area contributed by atoms with Gasteiger partial charge in [0.1, 0.15) is 0 Å². The van der Waals surface area contributed by atoms with E-state index >= 15 is 0 Å². The lowest BCUT2D eigenvalue weighted by Crippen LogP contribution is -2.14. The molecule has 0 aliphatic heterocycles. The third kappa shape index (κ3) is 5.10. The second kappa shape index (κ2) is 7.44. The van der Waals surface area contributed by atoms with Gasteiger partial charge < -0.3 is 14.8 Å². The van der Waals surface area contributed by atoms with Crippen molar-refractivity contribution in [3.8, 4) is 11.5 Å². The average Bonchev–Trinajstić information content (AvgIpc) is 2.29. The van der Waals surface area contributed by atoms with Crippen LogP contribution >= 0.6 is 15.9 Å². The Kier molecular flexibility index (Phi) is 6.22. The van der Waals surface area contributed by atoms with Crippen LogP contribution < -0.4 is 14.8 Å². The molecule has 1 rings (SSSR count). The first-order chi connectivity index (χ1) is 8.52. The lowest BCUT2D eigenvalue weighted by atomic mass is 10.2. The van der Waals surface area contributed by atoms with Crippen LogP contribution in [0.3, 0.4) is 0 Å². The van der Waals surface area contributed by atoms with Gasteiger partial charge in [-0.3, -0.25) is 0 Å². The summed E-state index contributed by atoms with van der Waals surface area (Å²) in [7, 11) is 1.65. The molecule has 1 N–H and O–H groups in total. The van der Waals surface area contributed by atoms with Crippen molar-refractivity contribution in [2.24, 2.45) is 0 Å². The minimum atomic E-state index is 0.139. The van der Waals surface area contributed by atoms with Crippen molar-refractivity contribution in [2.45, 2.75) is 26.5 Å². The number of methoxy groups -OCH3 is 1. The first kappa shape index (κ1) is 15.1. The number of halogens is 1. The zero-order valence-corrected chi connectivity index (χ0v) is 12.7. The van der Waals surface area contributed by atoms with Crippen LogP contribution in [0.1, 0.15) is 19.4 Å². The highest BCUT2D eigenvalue weighted by Gasteiger charge is 2.07. The summed E-state index contributed by atoms with van der Waals surface area (Å²) in [6.45, 7) is 9.28. The molecule has 1 aromatic rings. The van der Waals surface area contributed by atoms with Crippen molar-refractivity contribution in [3.63, 3.8) is 0 Å². The van der Waals surface area contributed by atoms with Crippen LogP contribution in [0.4, 0.5) is 0 Å². The van der Waals surface area contributed by atoms with Crippen molar-refractivity contribution in [2.75, 3.05) is 13.7 Å². The van der Waals surface area contributed by atoms with Gasteiger partial charge in [0.25, 0.3) is 0 Å². The number of hydrogen-bond acceptors (Lipinski definition) is 3. The van der Waals surface area contributed by atoms with Crippen LogP contribution in [0, 0.1) is 0 Å². The van der Waals surface area contributed by atoms with Crippen molar-refractivity contribution >= 4 is 15.9 Å². The van der Waals surface area contributed by atoms with E-state index in [2.05, 4.69) is 27.8 Å². The fourth-order valence-corrected chi connectivity index (χ4v) is 1.71. The molecule has 18 heavy (non-hydrogen) atoms. The van der Waals surface area contributed by atoms with Gasteiger partial charge in [0.05, 0.1) is 13.2 Å². The molecule has 0 aliphatic rings. The summed E-state index contributed by atoms with van der Waals surface area (Å²) in [5, 5.41) is 3.27. The van der Waals surface area contributed by atoms with Crippen LogP contribution in [0.2, 0.25) is 0 Å². The standard InChI is InChI=1S/C14H20BrNO2/c1-10(2)18-13-6-5-12(7-14(13)17-4)9-16-8-11(3)15/h5-7,10,16H,3,8-9H2,1-2,4H3. The van der Waals surface area contributed by atoms with Crippen LogP contribution in [0.25, 0.3) is 0 Å². The van der Waals surface area contributed by atoms with E-state index in [4.69, 9.17) is 9.47 Å². The van der Waals surface area contributed by atoms with Crippen molar-refractivity contribution in [1.29, 1.82) is 0 Å². The van der Waals surface area contributed by atoms with E-state index in [1.165, 1.54) is 0 Å². The fourth-order valence-electron chi connectivity index (χ4n) is 1.52. The summed E-state index contributed by atoms with van der Waals surface area (Å²) in [4.78, 5) is 0. The van der Waals surface area contributed by atoms with Gasteiger partial charge in [-0.15, -0.1) is 0 Å². The molecular weight excluding hydrogens is 294 g/mol. The molecule has 0 aliphatic carbocycles. The topological polar surface area (TPSA) is 30.5 Å². The molecule has 3 nitrogen and oxygen atoms in total. The molecule has 0 unspecified atom stereocenters. The number of hydrogen-bond donors (Lipinski definition) is 1. The highest BCUT2D eigenvalue weighted by Crippen LogP contribution is 2.28. The molecule has 0 saturated heterocycles. The lowest BCUT2D eigenvalue weighted by Gasteiger charge is -2.14. The highest BCUT2D eigenvalue weighted by atomic mass is 79.9. The minimum absolute atomic E-state index is 0.139. The van der Waals surface area contributed by atoms with E-state index in [1.54, 1.807) is 7.11 Å². The Labute approximate surface area is 117 Å². The van der Waals surface area contributed by atoms with E-state index < -0.39 is 0 Å². The summed E-state index contributed by atoms with van der Waals surface area (Å²) < 4.78 is 11.9. The van der Waals surface area contributed by atoms with E-state index in [9.17, 15) is 0 Å². The van der Waals surface area contributed by atoms with E-state index in [0.29, 0.717) is 0 Å². The van der Waals surface area contributed by atoms with Gasteiger partial charge in [-0.2, -0.15) is 0 Å². The van der Waals surface area contributed by atoms with Gasteiger partial charge in [0.2, 0.25) is 0 Å². The Hall–Kier alpha value is -1.00. The zero-order chi connectivity index (χ0) is 13.5. The van der Waals surface area contributed by atoms with E-state index in [0.717, 1.165) is 34.6 Å². The van der Waals surface area contributed by atoms with Gasteiger partial charge in [0.15, 0.2) is 11.5 Å². The molecule has 0 heterocycles. The summed E-state index contributed by atoms with van der Waals surface area (Å²) in [6.07, 6.45) is 0.139. The van der Waals surface area contributed by atoms with Gasteiger partial charge in [-0.1, -0.05) is 28.6 Å². The largest absolute Gasteiger partial charge is 0.493 e. The summed E-state index contributed by atoms with van der Waals surface area (Å²) in [5.41, 5.74) is 1.15. The Bertz CT molecular complexity index is 405. The molecule has 0 radical (unpaired) electrons. The van der Waals surface area contributed by atoms with Crippen LogP contribution in [0.5, 0.6) is 11.5 Å².